The second kappa shape index (κ2) is 5.83. The summed E-state index contributed by atoms with van der Waals surface area (Å²) < 4.78 is 13.2. The van der Waals surface area contributed by atoms with Gasteiger partial charge in [0.25, 0.3) is 5.91 Å². The van der Waals surface area contributed by atoms with Crippen molar-refractivity contribution in [2.45, 2.75) is 43.5 Å². The summed E-state index contributed by atoms with van der Waals surface area (Å²) in [5, 5.41) is 3.00. The molecule has 0 radical (unpaired) electrons. The van der Waals surface area contributed by atoms with Crippen molar-refractivity contribution in [3.63, 3.8) is 0 Å². The number of halogens is 2. The first kappa shape index (κ1) is 13.5. The first-order valence-electron chi connectivity index (χ1n) is 6.27. The molecule has 0 aromatic heterocycles. The van der Waals surface area contributed by atoms with Gasteiger partial charge >= 0.3 is 0 Å². The summed E-state index contributed by atoms with van der Waals surface area (Å²) in [6.45, 7) is 1.82. The lowest BCUT2D eigenvalue weighted by Crippen LogP contribution is -2.38. The molecule has 1 aromatic rings. The molecule has 0 unspecified atom stereocenters. The molecule has 18 heavy (non-hydrogen) atoms. The molecule has 0 bridgehead atoms. The fourth-order valence-corrected chi connectivity index (χ4v) is 2.83. The van der Waals surface area contributed by atoms with Crippen molar-refractivity contribution in [1.82, 2.24) is 5.32 Å². The number of alkyl halides is 1. The van der Waals surface area contributed by atoms with Crippen molar-refractivity contribution < 1.29 is 9.18 Å². The van der Waals surface area contributed by atoms with Crippen molar-refractivity contribution in [3.05, 3.63) is 35.1 Å². The summed E-state index contributed by atoms with van der Waals surface area (Å²) in [5.41, 5.74) is 1.25. The number of carbonyl (C=O) groups is 1. The van der Waals surface area contributed by atoms with Gasteiger partial charge in [-0.2, -0.15) is 0 Å². The molecule has 4 heteroatoms. The smallest absolute Gasteiger partial charge is 0.251 e. The lowest BCUT2D eigenvalue weighted by Gasteiger charge is -2.26. The fourth-order valence-electron chi connectivity index (χ4n) is 2.30. The fraction of sp³-hybridized carbons (Fsp3) is 0.500. The predicted molar refractivity (Wildman–Crippen MR) is 73.6 cm³/mol. The minimum Gasteiger partial charge on any atom is -0.349 e. The Morgan fingerprint density at radius 2 is 2.00 bits per heavy atom. The molecular weight excluding hydrogens is 297 g/mol. The van der Waals surface area contributed by atoms with Crippen LogP contribution in [0, 0.1) is 12.7 Å². The van der Waals surface area contributed by atoms with Gasteiger partial charge in [0.2, 0.25) is 0 Å². The van der Waals surface area contributed by atoms with Gasteiger partial charge in [-0.25, -0.2) is 4.39 Å². The average molecular weight is 314 g/mol. The highest BCUT2D eigenvalue weighted by molar-refractivity contribution is 9.09. The van der Waals surface area contributed by atoms with Crippen LogP contribution in [0.2, 0.25) is 0 Å². The SMILES string of the molecule is Cc1ccc(F)cc1C(=O)NC1CCC(Br)CC1. The number of hydrogen-bond donors (Lipinski definition) is 1. The van der Waals surface area contributed by atoms with Crippen LogP contribution in [0.25, 0.3) is 0 Å². The monoisotopic (exact) mass is 313 g/mol. The number of benzene rings is 1. The van der Waals surface area contributed by atoms with Crippen LogP contribution >= 0.6 is 15.9 Å². The number of nitrogens with one attached hydrogen (secondary N) is 1. The standard InChI is InChI=1S/C14H17BrFNO/c1-9-2-5-11(16)8-13(9)14(18)17-12-6-3-10(15)4-7-12/h2,5,8,10,12H,3-4,6-7H2,1H3,(H,17,18). The van der Waals surface area contributed by atoms with Gasteiger partial charge in [-0.05, 0) is 50.3 Å². The van der Waals surface area contributed by atoms with Crippen LogP contribution in [0.15, 0.2) is 18.2 Å². The maximum Gasteiger partial charge on any atom is 0.251 e. The van der Waals surface area contributed by atoms with Gasteiger partial charge in [0.15, 0.2) is 0 Å². The number of rotatable bonds is 2. The number of amides is 1. The molecule has 1 amide bonds. The Hall–Kier alpha value is -0.900. The summed E-state index contributed by atoms with van der Waals surface area (Å²) in [5.74, 6) is -0.528. The van der Waals surface area contributed by atoms with E-state index in [0.717, 1.165) is 31.2 Å². The summed E-state index contributed by atoms with van der Waals surface area (Å²) >= 11 is 3.59. The van der Waals surface area contributed by atoms with E-state index in [1.54, 1.807) is 6.07 Å². The molecule has 2 rings (SSSR count). The molecule has 1 aliphatic rings. The molecule has 98 valence electrons. The number of aryl methyl sites for hydroxylation is 1. The Balaban J connectivity index is 2.01. The highest BCUT2D eigenvalue weighted by Crippen LogP contribution is 2.24. The molecule has 0 spiro atoms. The summed E-state index contributed by atoms with van der Waals surface area (Å²) in [4.78, 5) is 12.6. The molecule has 0 saturated heterocycles. The predicted octanol–water partition coefficient (Wildman–Crippen LogP) is 3.57. The second-order valence-corrected chi connectivity index (χ2v) is 6.18. The third kappa shape index (κ3) is 3.31. The van der Waals surface area contributed by atoms with Crippen molar-refractivity contribution in [2.24, 2.45) is 0 Å². The molecule has 0 heterocycles. The van der Waals surface area contributed by atoms with Crippen LogP contribution < -0.4 is 5.32 Å². The molecule has 0 aliphatic heterocycles. The largest absolute Gasteiger partial charge is 0.349 e. The van der Waals surface area contributed by atoms with Crippen molar-refractivity contribution in [2.75, 3.05) is 0 Å². The zero-order chi connectivity index (χ0) is 13.1. The first-order chi connectivity index (χ1) is 8.56. The number of hydrogen-bond acceptors (Lipinski definition) is 1. The highest BCUT2D eigenvalue weighted by atomic mass is 79.9. The molecule has 2 nitrogen and oxygen atoms in total. The van der Waals surface area contributed by atoms with Crippen LogP contribution in [0.1, 0.15) is 41.6 Å². The Bertz CT molecular complexity index is 441. The van der Waals surface area contributed by atoms with Gasteiger partial charge in [0, 0.05) is 16.4 Å². The van der Waals surface area contributed by atoms with Gasteiger partial charge in [-0.3, -0.25) is 4.79 Å². The van der Waals surface area contributed by atoms with E-state index in [0.29, 0.717) is 10.4 Å². The zero-order valence-electron chi connectivity index (χ0n) is 10.4. The Labute approximate surface area is 115 Å². The highest BCUT2D eigenvalue weighted by Gasteiger charge is 2.21. The number of carbonyl (C=O) groups excluding carboxylic acids is 1. The van der Waals surface area contributed by atoms with Crippen LogP contribution in [0.3, 0.4) is 0 Å². The summed E-state index contributed by atoms with van der Waals surface area (Å²) in [6.07, 6.45) is 4.12. The van der Waals surface area contributed by atoms with E-state index in [1.807, 2.05) is 6.92 Å². The third-order valence-electron chi connectivity index (χ3n) is 3.44. The Morgan fingerprint density at radius 3 is 2.67 bits per heavy atom. The summed E-state index contributed by atoms with van der Waals surface area (Å²) in [6, 6.07) is 4.54. The Kier molecular flexibility index (Phi) is 4.38. The van der Waals surface area contributed by atoms with E-state index in [1.165, 1.54) is 12.1 Å². The van der Waals surface area contributed by atoms with Crippen LogP contribution in [-0.2, 0) is 0 Å². The molecule has 1 aromatic carbocycles. The van der Waals surface area contributed by atoms with E-state index >= 15 is 0 Å². The van der Waals surface area contributed by atoms with E-state index in [2.05, 4.69) is 21.2 Å². The van der Waals surface area contributed by atoms with E-state index < -0.39 is 0 Å². The third-order valence-corrected chi connectivity index (χ3v) is 4.35. The van der Waals surface area contributed by atoms with Crippen molar-refractivity contribution >= 4 is 21.8 Å². The summed E-state index contributed by atoms with van der Waals surface area (Å²) in [7, 11) is 0. The molecule has 1 fully saturated rings. The second-order valence-electron chi connectivity index (χ2n) is 4.88. The van der Waals surface area contributed by atoms with Crippen LogP contribution in [0.4, 0.5) is 4.39 Å². The van der Waals surface area contributed by atoms with Crippen LogP contribution in [-0.4, -0.2) is 16.8 Å². The average Bonchev–Trinajstić information content (AvgIpc) is 2.35. The topological polar surface area (TPSA) is 29.1 Å². The van der Waals surface area contributed by atoms with Gasteiger partial charge in [0.1, 0.15) is 5.82 Å². The van der Waals surface area contributed by atoms with Crippen molar-refractivity contribution in [3.8, 4) is 0 Å². The molecule has 1 saturated carbocycles. The van der Waals surface area contributed by atoms with Gasteiger partial charge in [-0.15, -0.1) is 0 Å². The maximum absolute atomic E-state index is 13.2. The maximum atomic E-state index is 13.2. The van der Waals surface area contributed by atoms with Gasteiger partial charge < -0.3 is 5.32 Å². The zero-order valence-corrected chi connectivity index (χ0v) is 12.0. The normalized spacial score (nSPS) is 23.7. The lowest BCUT2D eigenvalue weighted by atomic mass is 9.95. The van der Waals surface area contributed by atoms with E-state index in [9.17, 15) is 9.18 Å². The quantitative estimate of drug-likeness (QED) is 0.831. The Morgan fingerprint density at radius 1 is 1.33 bits per heavy atom. The lowest BCUT2D eigenvalue weighted by molar-refractivity contribution is 0.0927. The first-order valence-corrected chi connectivity index (χ1v) is 7.19. The molecule has 0 atom stereocenters. The minimum atomic E-state index is -0.366. The van der Waals surface area contributed by atoms with Gasteiger partial charge in [0.05, 0.1) is 0 Å². The minimum absolute atomic E-state index is 0.162. The molecule has 1 N–H and O–H groups in total. The molecular formula is C14H17BrFNO. The molecule has 1 aliphatic carbocycles. The van der Waals surface area contributed by atoms with Gasteiger partial charge in [-0.1, -0.05) is 22.0 Å². The van der Waals surface area contributed by atoms with E-state index in [4.69, 9.17) is 0 Å². The van der Waals surface area contributed by atoms with Crippen LogP contribution in [0.5, 0.6) is 0 Å². The van der Waals surface area contributed by atoms with E-state index in [-0.39, 0.29) is 17.8 Å². The van der Waals surface area contributed by atoms with Crippen molar-refractivity contribution in [1.29, 1.82) is 0 Å².